The lowest BCUT2D eigenvalue weighted by Gasteiger charge is -2.04. The van der Waals surface area contributed by atoms with Crippen molar-refractivity contribution in [3.05, 3.63) is 70.8 Å². The SMILES string of the molecule is N#CC(=Cc1ccc(CCCCC=O)cc1)c1ccc(CCCC=O)cc1. The summed E-state index contributed by atoms with van der Waals surface area (Å²) >= 11 is 0. The summed E-state index contributed by atoms with van der Waals surface area (Å²) in [6.07, 6.45) is 9.65. The maximum absolute atomic E-state index is 10.4. The first kappa shape index (κ1) is 20.3. The van der Waals surface area contributed by atoms with E-state index in [-0.39, 0.29) is 0 Å². The molecule has 3 nitrogen and oxygen atoms in total. The van der Waals surface area contributed by atoms with E-state index in [1.54, 1.807) is 0 Å². The van der Waals surface area contributed by atoms with Crippen molar-refractivity contribution >= 4 is 24.2 Å². The number of aryl methyl sites for hydroxylation is 2. The molecule has 0 aliphatic heterocycles. The molecule has 0 aliphatic rings. The minimum absolute atomic E-state index is 0.582. The van der Waals surface area contributed by atoms with Gasteiger partial charge in [-0.25, -0.2) is 0 Å². The summed E-state index contributed by atoms with van der Waals surface area (Å²) in [4.78, 5) is 20.7. The Hall–Kier alpha value is -2.99. The van der Waals surface area contributed by atoms with Crippen LogP contribution >= 0.6 is 0 Å². The number of aldehydes is 2. The lowest BCUT2D eigenvalue weighted by Crippen LogP contribution is -1.89. The molecule has 0 aromatic heterocycles. The molecule has 0 bridgehead atoms. The Balaban J connectivity index is 2.01. The molecular weight excluding hydrogens is 334 g/mol. The summed E-state index contributed by atoms with van der Waals surface area (Å²) in [5.41, 5.74) is 4.95. The zero-order valence-electron chi connectivity index (χ0n) is 15.6. The normalized spacial score (nSPS) is 11.0. The summed E-state index contributed by atoms with van der Waals surface area (Å²) in [6, 6.07) is 18.5. The molecule has 3 heteroatoms. The standard InChI is InChI=1S/C24H25NO2/c25-19-24(23-14-12-21(13-15-23)7-3-5-17-27)18-22-10-8-20(9-11-22)6-2-1-4-16-26/h8-18H,1-7H2. The Kier molecular flexibility index (Phi) is 8.73. The number of nitrogens with zero attached hydrogens (tertiary/aromatic N) is 1. The molecule has 0 amide bonds. The smallest absolute Gasteiger partial charge is 0.120 e. The quantitative estimate of drug-likeness (QED) is 0.240. The van der Waals surface area contributed by atoms with Gasteiger partial charge >= 0.3 is 0 Å². The molecule has 2 aromatic rings. The monoisotopic (exact) mass is 359 g/mol. The van der Waals surface area contributed by atoms with Gasteiger partial charge in [-0.15, -0.1) is 0 Å². The van der Waals surface area contributed by atoms with Gasteiger partial charge < -0.3 is 9.59 Å². The van der Waals surface area contributed by atoms with E-state index >= 15 is 0 Å². The molecule has 0 saturated heterocycles. The zero-order chi connectivity index (χ0) is 19.3. The summed E-state index contributed by atoms with van der Waals surface area (Å²) in [7, 11) is 0. The van der Waals surface area contributed by atoms with Gasteiger partial charge in [-0.3, -0.25) is 0 Å². The highest BCUT2D eigenvalue weighted by atomic mass is 16.1. The van der Waals surface area contributed by atoms with Crippen LogP contribution in [-0.4, -0.2) is 12.6 Å². The number of carbonyl (C=O) groups excluding carboxylic acids is 2. The number of hydrogen-bond donors (Lipinski definition) is 0. The number of rotatable bonds is 11. The fourth-order valence-electron chi connectivity index (χ4n) is 2.92. The molecule has 0 N–H and O–H groups in total. The average molecular weight is 359 g/mol. The number of allylic oxidation sites excluding steroid dienone is 1. The van der Waals surface area contributed by atoms with Crippen molar-refractivity contribution in [2.24, 2.45) is 0 Å². The van der Waals surface area contributed by atoms with Crippen molar-refractivity contribution in [2.75, 3.05) is 0 Å². The minimum atomic E-state index is 0.582. The predicted molar refractivity (Wildman–Crippen MR) is 109 cm³/mol. The van der Waals surface area contributed by atoms with Crippen molar-refractivity contribution in [1.29, 1.82) is 5.26 Å². The van der Waals surface area contributed by atoms with Gasteiger partial charge in [0, 0.05) is 12.8 Å². The molecule has 27 heavy (non-hydrogen) atoms. The van der Waals surface area contributed by atoms with Crippen molar-refractivity contribution in [2.45, 2.75) is 44.9 Å². The van der Waals surface area contributed by atoms with Gasteiger partial charge in [0.05, 0.1) is 11.6 Å². The third kappa shape index (κ3) is 7.03. The molecular formula is C24H25NO2. The molecule has 2 rings (SSSR count). The van der Waals surface area contributed by atoms with Crippen LogP contribution in [0.1, 0.15) is 54.4 Å². The van der Waals surface area contributed by atoms with Crippen LogP contribution in [0.5, 0.6) is 0 Å². The lowest BCUT2D eigenvalue weighted by molar-refractivity contribution is -0.108. The van der Waals surface area contributed by atoms with Crippen LogP contribution in [0.15, 0.2) is 48.5 Å². The van der Waals surface area contributed by atoms with Gasteiger partial charge in [0.15, 0.2) is 0 Å². The third-order valence-corrected chi connectivity index (χ3v) is 4.50. The molecule has 0 unspecified atom stereocenters. The van der Waals surface area contributed by atoms with Gasteiger partial charge in [-0.1, -0.05) is 48.5 Å². The Labute approximate surface area is 161 Å². The Morgan fingerprint density at radius 3 is 1.93 bits per heavy atom. The van der Waals surface area contributed by atoms with Crippen molar-refractivity contribution < 1.29 is 9.59 Å². The van der Waals surface area contributed by atoms with Crippen molar-refractivity contribution in [3.8, 4) is 6.07 Å². The first-order chi connectivity index (χ1) is 13.3. The van der Waals surface area contributed by atoms with Gasteiger partial charge in [0.2, 0.25) is 0 Å². The van der Waals surface area contributed by atoms with Crippen LogP contribution in [0.25, 0.3) is 11.6 Å². The van der Waals surface area contributed by atoms with E-state index < -0.39 is 0 Å². The summed E-state index contributed by atoms with van der Waals surface area (Å²) in [5.74, 6) is 0. The van der Waals surface area contributed by atoms with Crippen LogP contribution in [0.2, 0.25) is 0 Å². The molecule has 0 spiro atoms. The molecule has 0 aliphatic carbocycles. The molecule has 0 radical (unpaired) electrons. The van der Waals surface area contributed by atoms with Gasteiger partial charge in [0.25, 0.3) is 0 Å². The van der Waals surface area contributed by atoms with E-state index in [9.17, 15) is 14.9 Å². The molecule has 0 heterocycles. The van der Waals surface area contributed by atoms with Crippen LogP contribution in [0, 0.1) is 11.3 Å². The van der Waals surface area contributed by atoms with E-state index in [1.807, 2.05) is 42.5 Å². The number of nitriles is 1. The second kappa shape index (κ2) is 11.6. The number of unbranched alkanes of at least 4 members (excludes halogenated alkanes) is 3. The number of carbonyl (C=O) groups is 2. The summed E-state index contributed by atoms with van der Waals surface area (Å²) in [5, 5.41) is 9.52. The Morgan fingerprint density at radius 1 is 0.778 bits per heavy atom. The summed E-state index contributed by atoms with van der Waals surface area (Å²) in [6.45, 7) is 0. The zero-order valence-corrected chi connectivity index (χ0v) is 15.6. The van der Waals surface area contributed by atoms with E-state index in [0.29, 0.717) is 18.4 Å². The highest BCUT2D eigenvalue weighted by Crippen LogP contribution is 2.20. The predicted octanol–water partition coefficient (Wildman–Crippen LogP) is 5.18. The summed E-state index contributed by atoms with van der Waals surface area (Å²) < 4.78 is 0. The van der Waals surface area contributed by atoms with Gasteiger partial charge in [0.1, 0.15) is 12.6 Å². The van der Waals surface area contributed by atoms with Crippen LogP contribution in [0.3, 0.4) is 0 Å². The minimum Gasteiger partial charge on any atom is -0.303 e. The molecule has 0 saturated carbocycles. The molecule has 0 fully saturated rings. The maximum atomic E-state index is 10.4. The maximum Gasteiger partial charge on any atom is 0.120 e. The number of hydrogen-bond acceptors (Lipinski definition) is 3. The molecule has 0 atom stereocenters. The third-order valence-electron chi connectivity index (χ3n) is 4.50. The largest absolute Gasteiger partial charge is 0.303 e. The van der Waals surface area contributed by atoms with Crippen molar-refractivity contribution in [1.82, 2.24) is 0 Å². The second-order valence-corrected chi connectivity index (χ2v) is 6.58. The van der Waals surface area contributed by atoms with E-state index in [2.05, 4.69) is 18.2 Å². The van der Waals surface area contributed by atoms with E-state index in [4.69, 9.17) is 0 Å². The molecule has 138 valence electrons. The first-order valence-electron chi connectivity index (χ1n) is 9.44. The Morgan fingerprint density at radius 2 is 1.33 bits per heavy atom. The average Bonchev–Trinajstić information content (AvgIpc) is 2.71. The van der Waals surface area contributed by atoms with Crippen LogP contribution in [-0.2, 0) is 22.4 Å². The lowest BCUT2D eigenvalue weighted by atomic mass is 9.99. The first-order valence-corrected chi connectivity index (χ1v) is 9.44. The number of benzene rings is 2. The highest BCUT2D eigenvalue weighted by Gasteiger charge is 2.02. The molecule has 2 aromatic carbocycles. The second-order valence-electron chi connectivity index (χ2n) is 6.58. The van der Waals surface area contributed by atoms with E-state index in [0.717, 1.165) is 55.8 Å². The van der Waals surface area contributed by atoms with Gasteiger partial charge in [-0.2, -0.15) is 5.26 Å². The van der Waals surface area contributed by atoms with Crippen LogP contribution in [0.4, 0.5) is 0 Å². The topological polar surface area (TPSA) is 57.9 Å². The highest BCUT2D eigenvalue weighted by molar-refractivity contribution is 5.89. The Bertz CT molecular complexity index is 796. The van der Waals surface area contributed by atoms with Crippen LogP contribution < -0.4 is 0 Å². The fraction of sp³-hybridized carbons (Fsp3) is 0.292. The van der Waals surface area contributed by atoms with Crippen molar-refractivity contribution in [3.63, 3.8) is 0 Å². The van der Waals surface area contributed by atoms with Gasteiger partial charge in [-0.05, 0) is 60.4 Å². The van der Waals surface area contributed by atoms with E-state index in [1.165, 1.54) is 11.1 Å². The fourth-order valence-corrected chi connectivity index (χ4v) is 2.92.